The Morgan fingerprint density at radius 2 is 0.912 bits per heavy atom. The molecule has 0 radical (unpaired) electrons. The molecule has 0 aliphatic carbocycles. The van der Waals surface area contributed by atoms with Gasteiger partial charge in [-0.2, -0.15) is 13.2 Å². The average molecular weight is 448 g/mol. The maximum atomic E-state index is 13.4. The summed E-state index contributed by atoms with van der Waals surface area (Å²) in [6.45, 7) is 0. The largest absolute Gasteiger partial charge is 0.416 e. The highest BCUT2D eigenvalue weighted by Gasteiger charge is 2.30. The normalized spacial score (nSPS) is 12.0. The fourth-order valence-electron chi connectivity index (χ4n) is 4.93. The number of hydrogen-bond acceptors (Lipinski definition) is 0. The summed E-state index contributed by atoms with van der Waals surface area (Å²) in [5.41, 5.74) is 3.60. The topological polar surface area (TPSA) is 0 Å². The van der Waals surface area contributed by atoms with Crippen LogP contribution in [0.1, 0.15) is 5.56 Å². The van der Waals surface area contributed by atoms with Crippen LogP contribution in [0.4, 0.5) is 13.2 Å². The molecule has 0 bridgehead atoms. The van der Waals surface area contributed by atoms with Crippen LogP contribution in [0, 0.1) is 0 Å². The van der Waals surface area contributed by atoms with Gasteiger partial charge >= 0.3 is 6.18 Å². The van der Waals surface area contributed by atoms with E-state index >= 15 is 0 Å². The molecule has 0 aliphatic heterocycles. The van der Waals surface area contributed by atoms with Gasteiger partial charge in [0.05, 0.1) is 5.56 Å². The number of benzene rings is 6. The minimum atomic E-state index is -4.37. The predicted molar refractivity (Wildman–Crippen MR) is 135 cm³/mol. The maximum Gasteiger partial charge on any atom is 0.416 e. The number of halogens is 3. The third-order valence-corrected chi connectivity index (χ3v) is 6.45. The van der Waals surface area contributed by atoms with Crippen LogP contribution >= 0.6 is 0 Å². The van der Waals surface area contributed by atoms with Crippen molar-refractivity contribution in [3.63, 3.8) is 0 Å². The third kappa shape index (κ3) is 3.32. The SMILES string of the molecule is FC(F)(F)c1ccc2ccc(-c3c4ccccc4c(-c4ccccc4)c4ccccc34)cc2c1. The minimum Gasteiger partial charge on any atom is -0.166 e. The standard InChI is InChI=1S/C31H19F3/c32-31(33,34)24-17-16-20-14-15-22(18-23(20)19-24)30-27-12-6-4-10-25(27)29(21-8-2-1-3-9-21)26-11-5-7-13-28(26)30/h1-19H. The number of alkyl halides is 3. The van der Waals surface area contributed by atoms with E-state index in [0.29, 0.717) is 5.39 Å². The molecule has 0 fully saturated rings. The van der Waals surface area contributed by atoms with Crippen LogP contribution in [-0.4, -0.2) is 0 Å². The number of rotatable bonds is 2. The second-order valence-corrected chi connectivity index (χ2v) is 8.48. The van der Waals surface area contributed by atoms with Gasteiger partial charge in [0.2, 0.25) is 0 Å². The molecule has 0 amide bonds. The van der Waals surface area contributed by atoms with Crippen molar-refractivity contribution in [2.24, 2.45) is 0 Å². The first kappa shape index (κ1) is 20.5. The van der Waals surface area contributed by atoms with Gasteiger partial charge in [0, 0.05) is 0 Å². The molecule has 6 rings (SSSR count). The van der Waals surface area contributed by atoms with Crippen LogP contribution < -0.4 is 0 Å². The zero-order chi connectivity index (χ0) is 23.3. The fourth-order valence-corrected chi connectivity index (χ4v) is 4.93. The first-order valence-corrected chi connectivity index (χ1v) is 11.1. The molecule has 164 valence electrons. The number of hydrogen-bond donors (Lipinski definition) is 0. The lowest BCUT2D eigenvalue weighted by Crippen LogP contribution is -2.04. The molecule has 0 saturated heterocycles. The van der Waals surface area contributed by atoms with Crippen molar-refractivity contribution < 1.29 is 13.2 Å². The Balaban J connectivity index is 1.71. The molecule has 0 aliphatic rings. The Morgan fingerprint density at radius 3 is 1.47 bits per heavy atom. The third-order valence-electron chi connectivity index (χ3n) is 6.45. The van der Waals surface area contributed by atoms with Gasteiger partial charge in [-0.1, -0.05) is 97.1 Å². The summed E-state index contributed by atoms with van der Waals surface area (Å²) in [7, 11) is 0. The smallest absolute Gasteiger partial charge is 0.166 e. The molecule has 6 aromatic carbocycles. The Kier molecular flexibility index (Phi) is 4.66. The van der Waals surface area contributed by atoms with Crippen LogP contribution in [0.25, 0.3) is 54.6 Å². The van der Waals surface area contributed by atoms with Crippen LogP contribution in [-0.2, 0) is 6.18 Å². The van der Waals surface area contributed by atoms with Gasteiger partial charge in [0.15, 0.2) is 0 Å². The average Bonchev–Trinajstić information content (AvgIpc) is 2.86. The first-order valence-electron chi connectivity index (χ1n) is 11.1. The minimum absolute atomic E-state index is 0.577. The Bertz CT molecular complexity index is 1620. The van der Waals surface area contributed by atoms with E-state index < -0.39 is 11.7 Å². The van der Waals surface area contributed by atoms with Gasteiger partial charge < -0.3 is 0 Å². The van der Waals surface area contributed by atoms with E-state index in [1.807, 2.05) is 60.7 Å². The van der Waals surface area contributed by atoms with Gasteiger partial charge in [-0.3, -0.25) is 0 Å². The molecule has 0 aromatic heterocycles. The Morgan fingerprint density at radius 1 is 0.412 bits per heavy atom. The van der Waals surface area contributed by atoms with Crippen molar-refractivity contribution in [1.29, 1.82) is 0 Å². The summed E-state index contributed by atoms with van der Waals surface area (Å²) in [6, 6.07) is 36.5. The lowest BCUT2D eigenvalue weighted by atomic mass is 9.85. The molecule has 0 spiro atoms. The van der Waals surface area contributed by atoms with Crippen LogP contribution in [0.3, 0.4) is 0 Å². The lowest BCUT2D eigenvalue weighted by Gasteiger charge is -2.18. The second-order valence-electron chi connectivity index (χ2n) is 8.48. The van der Waals surface area contributed by atoms with Crippen molar-refractivity contribution in [2.75, 3.05) is 0 Å². The monoisotopic (exact) mass is 448 g/mol. The number of fused-ring (bicyclic) bond motifs is 3. The fraction of sp³-hybridized carbons (Fsp3) is 0.0323. The Labute approximate surface area is 194 Å². The molecule has 0 heterocycles. The second kappa shape index (κ2) is 7.74. The molecule has 0 atom stereocenters. The highest BCUT2D eigenvalue weighted by atomic mass is 19.4. The highest BCUT2D eigenvalue weighted by molar-refractivity contribution is 6.21. The van der Waals surface area contributed by atoms with E-state index in [1.54, 1.807) is 0 Å². The van der Waals surface area contributed by atoms with Crippen molar-refractivity contribution in [3.8, 4) is 22.3 Å². The summed E-state index contributed by atoms with van der Waals surface area (Å²) >= 11 is 0. The van der Waals surface area contributed by atoms with Crippen molar-refractivity contribution in [3.05, 3.63) is 121 Å². The maximum absolute atomic E-state index is 13.4. The van der Waals surface area contributed by atoms with E-state index in [2.05, 4.69) is 36.4 Å². The Hall–Kier alpha value is -4.11. The lowest BCUT2D eigenvalue weighted by molar-refractivity contribution is -0.137. The zero-order valence-corrected chi connectivity index (χ0v) is 18.1. The summed E-state index contributed by atoms with van der Waals surface area (Å²) in [4.78, 5) is 0. The molecule has 3 heteroatoms. The molecule has 0 saturated carbocycles. The van der Waals surface area contributed by atoms with Crippen molar-refractivity contribution in [1.82, 2.24) is 0 Å². The molecule has 6 aromatic rings. The van der Waals surface area contributed by atoms with Crippen LogP contribution in [0.2, 0.25) is 0 Å². The molecule has 0 N–H and O–H groups in total. The summed E-state index contributed by atoms with van der Waals surface area (Å²) < 4.78 is 40.1. The van der Waals surface area contributed by atoms with E-state index in [4.69, 9.17) is 0 Å². The first-order chi connectivity index (χ1) is 16.5. The van der Waals surface area contributed by atoms with E-state index in [1.165, 1.54) is 12.1 Å². The summed E-state index contributed by atoms with van der Waals surface area (Å²) in [5, 5.41) is 5.75. The molecule has 0 unspecified atom stereocenters. The van der Waals surface area contributed by atoms with E-state index in [-0.39, 0.29) is 0 Å². The van der Waals surface area contributed by atoms with E-state index in [9.17, 15) is 13.2 Å². The van der Waals surface area contributed by atoms with Gasteiger partial charge in [-0.05, 0) is 72.8 Å². The molecular weight excluding hydrogens is 429 g/mol. The van der Waals surface area contributed by atoms with Gasteiger partial charge in [-0.15, -0.1) is 0 Å². The molecular formula is C31H19F3. The highest BCUT2D eigenvalue weighted by Crippen LogP contribution is 2.44. The van der Waals surface area contributed by atoms with Crippen molar-refractivity contribution in [2.45, 2.75) is 6.18 Å². The van der Waals surface area contributed by atoms with Gasteiger partial charge in [-0.25, -0.2) is 0 Å². The quantitative estimate of drug-likeness (QED) is 0.231. The predicted octanol–water partition coefficient (Wildman–Crippen LogP) is 9.50. The van der Waals surface area contributed by atoms with Crippen LogP contribution in [0.5, 0.6) is 0 Å². The molecule has 34 heavy (non-hydrogen) atoms. The summed E-state index contributed by atoms with van der Waals surface area (Å²) in [6.07, 6.45) is -4.37. The van der Waals surface area contributed by atoms with Gasteiger partial charge in [0.25, 0.3) is 0 Å². The summed E-state index contributed by atoms with van der Waals surface area (Å²) in [5.74, 6) is 0. The van der Waals surface area contributed by atoms with Crippen LogP contribution in [0.15, 0.2) is 115 Å². The van der Waals surface area contributed by atoms with E-state index in [0.717, 1.165) is 55.3 Å². The zero-order valence-electron chi connectivity index (χ0n) is 18.1. The molecule has 0 nitrogen and oxygen atoms in total. The van der Waals surface area contributed by atoms with Gasteiger partial charge in [0.1, 0.15) is 0 Å². The van der Waals surface area contributed by atoms with Crippen molar-refractivity contribution >= 4 is 32.3 Å².